The van der Waals surface area contributed by atoms with Gasteiger partial charge in [-0.3, -0.25) is 0 Å². The highest BCUT2D eigenvalue weighted by molar-refractivity contribution is 6.19. The molecule has 2 heteroatoms. The van der Waals surface area contributed by atoms with Crippen LogP contribution in [0.3, 0.4) is 0 Å². The van der Waals surface area contributed by atoms with Crippen molar-refractivity contribution in [2.75, 3.05) is 0 Å². The fraction of sp³-hybridized carbons (Fsp3) is 0.143. The average Bonchev–Trinajstić information content (AvgIpc) is 1.90. The Balaban J connectivity index is 2.85. The predicted molar refractivity (Wildman–Crippen MR) is 36.1 cm³/mol. The van der Waals surface area contributed by atoms with Gasteiger partial charge in [0.1, 0.15) is 0 Å². The molecule has 0 aromatic heterocycles. The molecular formula is C7H6ClF. The molecule has 0 amide bonds. The zero-order valence-corrected chi connectivity index (χ0v) is 5.48. The molecule has 0 saturated carbocycles. The molecule has 0 heterocycles. The van der Waals surface area contributed by atoms with Gasteiger partial charge in [0.15, 0.2) is 5.63 Å². The van der Waals surface area contributed by atoms with Crippen molar-refractivity contribution in [3.63, 3.8) is 0 Å². The number of halogens is 2. The highest BCUT2D eigenvalue weighted by Gasteiger charge is 2.00. The first-order valence-electron chi connectivity index (χ1n) is 2.64. The minimum Gasteiger partial charge on any atom is -0.225 e. The van der Waals surface area contributed by atoms with E-state index in [1.807, 2.05) is 6.07 Å². The van der Waals surface area contributed by atoms with Crippen LogP contribution in [-0.2, 0) is 0 Å². The molecule has 0 aliphatic heterocycles. The zero-order valence-electron chi connectivity index (χ0n) is 4.72. The lowest BCUT2D eigenvalue weighted by Gasteiger charge is -1.95. The van der Waals surface area contributed by atoms with E-state index in [0.29, 0.717) is 5.56 Å². The second-order valence-corrected chi connectivity index (χ2v) is 2.09. The van der Waals surface area contributed by atoms with Gasteiger partial charge in [-0.25, -0.2) is 4.39 Å². The first kappa shape index (κ1) is 6.56. The maximum atomic E-state index is 12.2. The van der Waals surface area contributed by atoms with Gasteiger partial charge in [-0.15, -0.1) is 0 Å². The number of alkyl halides is 2. The van der Waals surface area contributed by atoms with Crippen LogP contribution in [-0.4, -0.2) is 0 Å². The summed E-state index contributed by atoms with van der Waals surface area (Å²) in [6.45, 7) is 0. The first-order valence-corrected chi connectivity index (χ1v) is 3.07. The second-order valence-electron chi connectivity index (χ2n) is 1.71. The van der Waals surface area contributed by atoms with Crippen LogP contribution in [0.15, 0.2) is 30.3 Å². The third-order valence-electron chi connectivity index (χ3n) is 1.05. The number of benzene rings is 1. The standard InChI is InChI=1S/C7H6ClF/c8-7(9)6-4-2-1-3-5-6/h1-5,7H. The van der Waals surface area contributed by atoms with E-state index in [4.69, 9.17) is 11.6 Å². The molecule has 1 rings (SSSR count). The summed E-state index contributed by atoms with van der Waals surface area (Å²) in [5.74, 6) is 0. The quantitative estimate of drug-likeness (QED) is 0.532. The number of hydrogen-bond acceptors (Lipinski definition) is 0. The van der Waals surface area contributed by atoms with Gasteiger partial charge >= 0.3 is 0 Å². The van der Waals surface area contributed by atoms with Gasteiger partial charge in [0.05, 0.1) is 0 Å². The van der Waals surface area contributed by atoms with E-state index in [2.05, 4.69) is 0 Å². The second kappa shape index (κ2) is 2.83. The summed E-state index contributed by atoms with van der Waals surface area (Å²) < 4.78 is 12.2. The Bertz CT molecular complexity index is 172. The largest absolute Gasteiger partial charge is 0.225 e. The van der Waals surface area contributed by atoms with Crippen molar-refractivity contribution in [1.29, 1.82) is 0 Å². The highest BCUT2D eigenvalue weighted by Crippen LogP contribution is 2.19. The van der Waals surface area contributed by atoms with E-state index in [1.165, 1.54) is 0 Å². The molecule has 0 nitrogen and oxygen atoms in total. The van der Waals surface area contributed by atoms with E-state index in [1.54, 1.807) is 24.3 Å². The Morgan fingerprint density at radius 2 is 1.78 bits per heavy atom. The van der Waals surface area contributed by atoms with E-state index < -0.39 is 5.63 Å². The summed E-state index contributed by atoms with van der Waals surface area (Å²) in [5.41, 5.74) is -0.856. The first-order chi connectivity index (χ1) is 4.30. The Morgan fingerprint density at radius 3 is 2.11 bits per heavy atom. The van der Waals surface area contributed by atoms with Crippen molar-refractivity contribution in [3.05, 3.63) is 35.9 Å². The van der Waals surface area contributed by atoms with Gasteiger partial charge in [0.25, 0.3) is 0 Å². The molecule has 1 aromatic rings. The number of rotatable bonds is 1. The molecule has 0 fully saturated rings. The third kappa shape index (κ3) is 1.68. The van der Waals surface area contributed by atoms with Crippen molar-refractivity contribution < 1.29 is 4.39 Å². The normalized spacial score (nSPS) is 13.1. The third-order valence-corrected chi connectivity index (χ3v) is 1.30. The molecular weight excluding hydrogens is 139 g/mol. The summed E-state index contributed by atoms with van der Waals surface area (Å²) in [5, 5.41) is 0. The Labute approximate surface area is 58.3 Å². The summed E-state index contributed by atoms with van der Waals surface area (Å²) in [4.78, 5) is 0. The van der Waals surface area contributed by atoms with Crippen LogP contribution in [0.1, 0.15) is 11.2 Å². The van der Waals surface area contributed by atoms with Gasteiger partial charge in [-0.05, 0) is 0 Å². The fourth-order valence-electron chi connectivity index (χ4n) is 0.599. The van der Waals surface area contributed by atoms with Crippen molar-refractivity contribution in [1.82, 2.24) is 0 Å². The molecule has 0 radical (unpaired) electrons. The van der Waals surface area contributed by atoms with Gasteiger partial charge in [0, 0.05) is 5.56 Å². The summed E-state index contributed by atoms with van der Waals surface area (Å²) >= 11 is 5.14. The van der Waals surface area contributed by atoms with Crippen molar-refractivity contribution in [2.45, 2.75) is 5.63 Å². The van der Waals surface area contributed by atoms with Crippen LogP contribution in [0.5, 0.6) is 0 Å². The van der Waals surface area contributed by atoms with E-state index in [-0.39, 0.29) is 0 Å². The van der Waals surface area contributed by atoms with Crippen LogP contribution >= 0.6 is 11.6 Å². The summed E-state index contributed by atoms with van der Waals surface area (Å²) in [7, 11) is 0. The lowest BCUT2D eigenvalue weighted by Crippen LogP contribution is -1.78. The van der Waals surface area contributed by atoms with E-state index in [9.17, 15) is 4.39 Å². The maximum Gasteiger partial charge on any atom is 0.198 e. The van der Waals surface area contributed by atoms with E-state index >= 15 is 0 Å². The van der Waals surface area contributed by atoms with Crippen molar-refractivity contribution >= 4 is 11.6 Å². The SMILES string of the molecule is FC(Cl)c1ccccc1. The molecule has 0 saturated heterocycles. The maximum absolute atomic E-state index is 12.2. The van der Waals surface area contributed by atoms with Crippen molar-refractivity contribution in [3.8, 4) is 0 Å². The molecule has 0 aliphatic rings. The van der Waals surface area contributed by atoms with Crippen molar-refractivity contribution in [2.24, 2.45) is 0 Å². The number of hydrogen-bond donors (Lipinski definition) is 0. The van der Waals surface area contributed by atoms with Gasteiger partial charge in [0.2, 0.25) is 0 Å². The lowest BCUT2D eigenvalue weighted by atomic mass is 10.2. The molecule has 0 bridgehead atoms. The average molecular weight is 145 g/mol. The van der Waals surface area contributed by atoms with Gasteiger partial charge < -0.3 is 0 Å². The fourth-order valence-corrected chi connectivity index (χ4v) is 0.744. The Morgan fingerprint density at radius 1 is 1.22 bits per heavy atom. The molecule has 0 N–H and O–H groups in total. The summed E-state index contributed by atoms with van der Waals surface area (Å²) in [6.07, 6.45) is 0. The Kier molecular flexibility index (Phi) is 2.06. The molecule has 1 atom stereocenters. The Hall–Kier alpha value is -0.560. The smallest absolute Gasteiger partial charge is 0.198 e. The molecule has 9 heavy (non-hydrogen) atoms. The highest BCUT2D eigenvalue weighted by atomic mass is 35.5. The molecule has 0 spiro atoms. The van der Waals surface area contributed by atoms with Crippen LogP contribution in [0.25, 0.3) is 0 Å². The summed E-state index contributed by atoms with van der Waals surface area (Å²) in [6, 6.07) is 8.63. The van der Waals surface area contributed by atoms with Crippen LogP contribution in [0, 0.1) is 0 Å². The van der Waals surface area contributed by atoms with E-state index in [0.717, 1.165) is 0 Å². The molecule has 48 valence electrons. The van der Waals surface area contributed by atoms with Crippen LogP contribution < -0.4 is 0 Å². The molecule has 0 aliphatic carbocycles. The zero-order chi connectivity index (χ0) is 6.69. The topological polar surface area (TPSA) is 0 Å². The predicted octanol–water partition coefficient (Wildman–Crippen LogP) is 2.89. The van der Waals surface area contributed by atoms with Crippen LogP contribution in [0.2, 0.25) is 0 Å². The lowest BCUT2D eigenvalue weighted by molar-refractivity contribution is 0.460. The van der Waals surface area contributed by atoms with Crippen LogP contribution in [0.4, 0.5) is 4.39 Å². The van der Waals surface area contributed by atoms with Gasteiger partial charge in [-0.1, -0.05) is 41.9 Å². The minimum atomic E-state index is -1.37. The molecule has 1 unspecified atom stereocenters. The molecule has 1 aromatic carbocycles. The monoisotopic (exact) mass is 144 g/mol. The minimum absolute atomic E-state index is 0.513. The van der Waals surface area contributed by atoms with Gasteiger partial charge in [-0.2, -0.15) is 0 Å².